The second-order valence-electron chi connectivity index (χ2n) is 2.94. The van der Waals surface area contributed by atoms with Crippen molar-refractivity contribution < 1.29 is 0 Å². The second-order valence-corrected chi connectivity index (χ2v) is 3.75. The highest BCUT2D eigenvalue weighted by Crippen LogP contribution is 2.32. The number of para-hydroxylation sites is 1. The standard InChI is InChI=1S/C10H14Cl2N2/c1-2-14(7-6-13)10-8(11)4-3-5-9(10)12/h3-5H,2,6-7,13H2,1H3. The summed E-state index contributed by atoms with van der Waals surface area (Å²) in [6, 6.07) is 5.51. The average Bonchev–Trinajstić information content (AvgIpc) is 2.16. The van der Waals surface area contributed by atoms with Crippen molar-refractivity contribution in [3.63, 3.8) is 0 Å². The van der Waals surface area contributed by atoms with Gasteiger partial charge < -0.3 is 10.6 Å². The van der Waals surface area contributed by atoms with Gasteiger partial charge in [-0.25, -0.2) is 0 Å². The summed E-state index contributed by atoms with van der Waals surface area (Å²) in [7, 11) is 0. The van der Waals surface area contributed by atoms with Gasteiger partial charge in [0, 0.05) is 19.6 Å². The Kier molecular flexibility index (Phi) is 4.52. The molecule has 0 spiro atoms. The molecule has 2 nitrogen and oxygen atoms in total. The molecule has 0 saturated heterocycles. The maximum absolute atomic E-state index is 6.07. The van der Waals surface area contributed by atoms with Crippen LogP contribution in [0.2, 0.25) is 10.0 Å². The largest absolute Gasteiger partial charge is 0.368 e. The highest BCUT2D eigenvalue weighted by atomic mass is 35.5. The van der Waals surface area contributed by atoms with Crippen molar-refractivity contribution in [3.8, 4) is 0 Å². The molecule has 0 aliphatic heterocycles. The first-order valence-electron chi connectivity index (χ1n) is 4.59. The number of nitrogens with zero attached hydrogens (tertiary/aromatic N) is 1. The molecular formula is C10H14Cl2N2. The summed E-state index contributed by atoms with van der Waals surface area (Å²) in [5.74, 6) is 0. The van der Waals surface area contributed by atoms with Gasteiger partial charge in [0.1, 0.15) is 0 Å². The predicted molar refractivity (Wildman–Crippen MR) is 63.4 cm³/mol. The molecule has 0 aromatic heterocycles. The van der Waals surface area contributed by atoms with Crippen LogP contribution in [0, 0.1) is 0 Å². The van der Waals surface area contributed by atoms with Gasteiger partial charge in [-0.1, -0.05) is 29.3 Å². The van der Waals surface area contributed by atoms with Gasteiger partial charge in [0.25, 0.3) is 0 Å². The Hall–Kier alpha value is -0.440. The van der Waals surface area contributed by atoms with Crippen molar-refractivity contribution >= 4 is 28.9 Å². The third kappa shape index (κ3) is 2.53. The van der Waals surface area contributed by atoms with E-state index in [1.807, 2.05) is 18.2 Å². The maximum atomic E-state index is 6.07. The Morgan fingerprint density at radius 1 is 1.29 bits per heavy atom. The first kappa shape index (κ1) is 11.6. The van der Waals surface area contributed by atoms with Crippen molar-refractivity contribution in [3.05, 3.63) is 28.2 Å². The molecule has 0 amide bonds. The van der Waals surface area contributed by atoms with Gasteiger partial charge in [-0.15, -0.1) is 0 Å². The summed E-state index contributed by atoms with van der Waals surface area (Å²) in [5.41, 5.74) is 6.39. The SMILES string of the molecule is CCN(CCN)c1c(Cl)cccc1Cl. The molecule has 1 aromatic carbocycles. The van der Waals surface area contributed by atoms with Crippen molar-refractivity contribution in [2.45, 2.75) is 6.92 Å². The zero-order chi connectivity index (χ0) is 10.6. The molecule has 0 bridgehead atoms. The third-order valence-corrected chi connectivity index (χ3v) is 2.64. The summed E-state index contributed by atoms with van der Waals surface area (Å²) in [5, 5.41) is 1.35. The number of nitrogens with two attached hydrogens (primary N) is 1. The molecule has 0 saturated carbocycles. The Balaban J connectivity index is 3.02. The van der Waals surface area contributed by atoms with E-state index in [2.05, 4.69) is 11.8 Å². The summed E-state index contributed by atoms with van der Waals surface area (Å²) in [6.07, 6.45) is 0. The quantitative estimate of drug-likeness (QED) is 0.866. The van der Waals surface area contributed by atoms with Crippen LogP contribution in [0.5, 0.6) is 0 Å². The van der Waals surface area contributed by atoms with Crippen molar-refractivity contribution in [1.29, 1.82) is 0 Å². The molecule has 0 unspecified atom stereocenters. The van der Waals surface area contributed by atoms with Crippen LogP contribution in [0.3, 0.4) is 0 Å². The van der Waals surface area contributed by atoms with Crippen molar-refractivity contribution in [2.75, 3.05) is 24.5 Å². The van der Waals surface area contributed by atoms with Crippen LogP contribution < -0.4 is 10.6 Å². The van der Waals surface area contributed by atoms with Gasteiger partial charge in [-0.2, -0.15) is 0 Å². The van der Waals surface area contributed by atoms with Crippen molar-refractivity contribution in [1.82, 2.24) is 0 Å². The summed E-state index contributed by atoms with van der Waals surface area (Å²) in [4.78, 5) is 2.07. The van der Waals surface area contributed by atoms with E-state index in [0.717, 1.165) is 18.8 Å². The Labute approximate surface area is 94.6 Å². The Morgan fingerprint density at radius 2 is 1.86 bits per heavy atom. The lowest BCUT2D eigenvalue weighted by atomic mass is 10.3. The molecule has 0 radical (unpaired) electrons. The van der Waals surface area contributed by atoms with Crippen LogP contribution in [0.15, 0.2) is 18.2 Å². The number of benzene rings is 1. The number of anilines is 1. The zero-order valence-electron chi connectivity index (χ0n) is 8.13. The van der Waals surface area contributed by atoms with E-state index in [1.54, 1.807) is 0 Å². The normalized spacial score (nSPS) is 10.3. The fourth-order valence-electron chi connectivity index (χ4n) is 1.37. The minimum atomic E-state index is 0.593. The molecule has 0 aliphatic carbocycles. The second kappa shape index (κ2) is 5.44. The number of halogens is 2. The zero-order valence-corrected chi connectivity index (χ0v) is 9.65. The van der Waals surface area contributed by atoms with Gasteiger partial charge >= 0.3 is 0 Å². The smallest absolute Gasteiger partial charge is 0.0745 e. The molecule has 78 valence electrons. The lowest BCUT2D eigenvalue weighted by Crippen LogP contribution is -2.29. The van der Waals surface area contributed by atoms with E-state index < -0.39 is 0 Å². The summed E-state index contributed by atoms with van der Waals surface area (Å²) < 4.78 is 0. The van der Waals surface area contributed by atoms with Crippen LogP contribution in [-0.4, -0.2) is 19.6 Å². The van der Waals surface area contributed by atoms with Crippen LogP contribution >= 0.6 is 23.2 Å². The molecule has 2 N–H and O–H groups in total. The number of hydrogen-bond acceptors (Lipinski definition) is 2. The highest BCUT2D eigenvalue weighted by molar-refractivity contribution is 6.39. The van der Waals surface area contributed by atoms with E-state index in [4.69, 9.17) is 28.9 Å². The van der Waals surface area contributed by atoms with Gasteiger partial charge in [0.05, 0.1) is 15.7 Å². The first-order valence-corrected chi connectivity index (χ1v) is 5.35. The van der Waals surface area contributed by atoms with E-state index in [0.29, 0.717) is 16.6 Å². The minimum Gasteiger partial charge on any atom is -0.368 e. The first-order chi connectivity index (χ1) is 6.70. The lowest BCUT2D eigenvalue weighted by Gasteiger charge is -2.24. The van der Waals surface area contributed by atoms with E-state index in [9.17, 15) is 0 Å². The lowest BCUT2D eigenvalue weighted by molar-refractivity contribution is 0.817. The average molecular weight is 233 g/mol. The molecule has 0 heterocycles. The summed E-state index contributed by atoms with van der Waals surface area (Å²) >= 11 is 12.1. The summed E-state index contributed by atoms with van der Waals surface area (Å²) in [6.45, 7) is 4.26. The Morgan fingerprint density at radius 3 is 2.29 bits per heavy atom. The molecule has 0 aliphatic rings. The predicted octanol–water partition coefficient (Wildman–Crippen LogP) is 2.78. The monoisotopic (exact) mass is 232 g/mol. The van der Waals surface area contributed by atoms with E-state index >= 15 is 0 Å². The molecule has 14 heavy (non-hydrogen) atoms. The molecule has 1 rings (SSSR count). The van der Waals surface area contributed by atoms with E-state index in [1.165, 1.54) is 0 Å². The molecule has 0 atom stereocenters. The third-order valence-electron chi connectivity index (χ3n) is 2.03. The van der Waals surface area contributed by atoms with Crippen molar-refractivity contribution in [2.24, 2.45) is 5.73 Å². The van der Waals surface area contributed by atoms with Crippen LogP contribution in [-0.2, 0) is 0 Å². The number of hydrogen-bond donors (Lipinski definition) is 1. The number of likely N-dealkylation sites (N-methyl/N-ethyl adjacent to an activating group) is 1. The van der Waals surface area contributed by atoms with Gasteiger partial charge in [-0.05, 0) is 19.1 Å². The fraction of sp³-hybridized carbons (Fsp3) is 0.400. The maximum Gasteiger partial charge on any atom is 0.0745 e. The topological polar surface area (TPSA) is 29.3 Å². The molecular weight excluding hydrogens is 219 g/mol. The molecule has 4 heteroatoms. The highest BCUT2D eigenvalue weighted by Gasteiger charge is 2.11. The van der Waals surface area contributed by atoms with Crippen LogP contribution in [0.4, 0.5) is 5.69 Å². The molecule has 1 aromatic rings. The number of rotatable bonds is 4. The minimum absolute atomic E-state index is 0.593. The van der Waals surface area contributed by atoms with Gasteiger partial charge in [0.15, 0.2) is 0 Å². The van der Waals surface area contributed by atoms with Crippen LogP contribution in [0.1, 0.15) is 6.92 Å². The van der Waals surface area contributed by atoms with Gasteiger partial charge in [0.2, 0.25) is 0 Å². The Bertz CT molecular complexity index is 282. The fourth-order valence-corrected chi connectivity index (χ4v) is 2.01. The van der Waals surface area contributed by atoms with Gasteiger partial charge in [-0.3, -0.25) is 0 Å². The van der Waals surface area contributed by atoms with Crippen LogP contribution in [0.25, 0.3) is 0 Å². The van der Waals surface area contributed by atoms with E-state index in [-0.39, 0.29) is 0 Å². The molecule has 0 fully saturated rings.